The third kappa shape index (κ3) is 5.77. The van der Waals surface area contributed by atoms with Gasteiger partial charge in [-0.2, -0.15) is 0 Å². The van der Waals surface area contributed by atoms with Crippen LogP contribution < -0.4 is 16.4 Å². The number of carbonyl (C=O) groups is 1. The molecule has 5 N–H and O–H groups in total. The fourth-order valence-electron chi connectivity index (χ4n) is 0.957. The summed E-state index contributed by atoms with van der Waals surface area (Å²) >= 11 is 0. The first kappa shape index (κ1) is 13.2. The van der Waals surface area contributed by atoms with Crippen molar-refractivity contribution in [1.82, 2.24) is 10.6 Å². The molecule has 0 spiro atoms. The van der Waals surface area contributed by atoms with Crippen molar-refractivity contribution in [2.24, 2.45) is 11.1 Å². The quantitative estimate of drug-likeness (QED) is 0.427. The Kier molecular flexibility index (Phi) is 6.23. The zero-order valence-corrected chi connectivity index (χ0v) is 8.97. The van der Waals surface area contributed by atoms with E-state index in [4.69, 9.17) is 10.8 Å². The fourth-order valence-corrected chi connectivity index (χ4v) is 0.957. The predicted octanol–water partition coefficient (Wildman–Crippen LogP) is -0.347. The highest BCUT2D eigenvalue weighted by atomic mass is 16.3. The molecule has 0 aromatic heterocycles. The van der Waals surface area contributed by atoms with E-state index >= 15 is 0 Å². The van der Waals surface area contributed by atoms with E-state index in [-0.39, 0.29) is 12.0 Å². The van der Waals surface area contributed by atoms with Gasteiger partial charge < -0.3 is 21.5 Å². The number of aliphatic hydroxyl groups excluding tert-OH is 1. The van der Waals surface area contributed by atoms with Crippen LogP contribution in [0.3, 0.4) is 0 Å². The molecule has 0 aliphatic heterocycles. The lowest BCUT2D eigenvalue weighted by atomic mass is 9.89. The summed E-state index contributed by atoms with van der Waals surface area (Å²) in [6, 6.07) is -0.507. The van der Waals surface area contributed by atoms with Gasteiger partial charge >= 0.3 is 6.03 Å². The second kappa shape index (κ2) is 6.62. The van der Waals surface area contributed by atoms with E-state index in [1.54, 1.807) is 0 Å². The maximum atomic E-state index is 10.3. The summed E-state index contributed by atoms with van der Waals surface area (Å²) < 4.78 is 0. The van der Waals surface area contributed by atoms with Crippen LogP contribution >= 0.6 is 0 Å². The van der Waals surface area contributed by atoms with Gasteiger partial charge in [0.05, 0.1) is 0 Å². The molecule has 0 bridgehead atoms. The number of aliphatic hydroxyl groups is 1. The van der Waals surface area contributed by atoms with Gasteiger partial charge in [-0.3, -0.25) is 0 Å². The van der Waals surface area contributed by atoms with E-state index in [1.165, 1.54) is 0 Å². The average molecular weight is 203 g/mol. The van der Waals surface area contributed by atoms with E-state index in [9.17, 15) is 4.79 Å². The van der Waals surface area contributed by atoms with Crippen molar-refractivity contribution in [3.05, 3.63) is 0 Å². The Balaban J connectivity index is 3.47. The average Bonchev–Trinajstić information content (AvgIpc) is 2.16. The van der Waals surface area contributed by atoms with Crippen LogP contribution in [0.25, 0.3) is 0 Å². The first-order valence-corrected chi connectivity index (χ1v) is 4.89. The van der Waals surface area contributed by atoms with Crippen molar-refractivity contribution in [1.29, 1.82) is 0 Å². The molecule has 0 rings (SSSR count). The minimum absolute atomic E-state index is 0.0767. The molecule has 84 valence electrons. The Morgan fingerprint density at radius 2 is 2.14 bits per heavy atom. The molecule has 0 radical (unpaired) electrons. The van der Waals surface area contributed by atoms with Crippen molar-refractivity contribution >= 4 is 6.03 Å². The normalized spacial score (nSPS) is 14.8. The highest BCUT2D eigenvalue weighted by molar-refractivity contribution is 5.71. The van der Waals surface area contributed by atoms with Crippen LogP contribution in [0.2, 0.25) is 0 Å². The van der Waals surface area contributed by atoms with Crippen LogP contribution in [0, 0.1) is 5.41 Å². The van der Waals surface area contributed by atoms with Crippen molar-refractivity contribution in [3.8, 4) is 0 Å². The molecule has 2 amide bonds. The number of hydrogen-bond donors (Lipinski definition) is 4. The minimum Gasteiger partial charge on any atom is -0.396 e. The maximum Gasteiger partial charge on any atom is 0.312 e. The molecular formula is C9H21N3O2. The van der Waals surface area contributed by atoms with Gasteiger partial charge in [-0.15, -0.1) is 0 Å². The van der Waals surface area contributed by atoms with Gasteiger partial charge in [-0.05, 0) is 6.42 Å². The van der Waals surface area contributed by atoms with E-state index < -0.39 is 6.03 Å². The van der Waals surface area contributed by atoms with Gasteiger partial charge in [0, 0.05) is 31.7 Å². The number of nitrogens with one attached hydrogen (secondary N) is 2. The zero-order valence-electron chi connectivity index (χ0n) is 8.97. The number of urea groups is 1. The largest absolute Gasteiger partial charge is 0.396 e. The highest BCUT2D eigenvalue weighted by Gasteiger charge is 2.19. The number of carbonyl (C=O) groups excluding carboxylic acids is 1. The van der Waals surface area contributed by atoms with Crippen LogP contribution in [0.5, 0.6) is 0 Å². The Labute approximate surface area is 85.1 Å². The molecule has 0 saturated carbocycles. The SMILES string of the molecule is CCC(C)(CO)CNCCNC(N)=O. The fraction of sp³-hybridized carbons (Fsp3) is 0.889. The number of nitrogens with two attached hydrogens (primary N) is 1. The van der Waals surface area contributed by atoms with Crippen LogP contribution in [0.4, 0.5) is 4.79 Å². The molecule has 0 aliphatic carbocycles. The summed E-state index contributed by atoms with van der Waals surface area (Å²) in [5.74, 6) is 0. The second-order valence-electron chi connectivity index (χ2n) is 3.79. The third-order valence-corrected chi connectivity index (χ3v) is 2.39. The lowest BCUT2D eigenvalue weighted by Gasteiger charge is -2.25. The smallest absolute Gasteiger partial charge is 0.312 e. The summed E-state index contributed by atoms with van der Waals surface area (Å²) in [4.78, 5) is 10.3. The molecule has 5 heteroatoms. The molecule has 0 fully saturated rings. The molecule has 0 aromatic rings. The first-order chi connectivity index (χ1) is 6.54. The molecule has 0 aliphatic rings. The summed E-state index contributed by atoms with van der Waals surface area (Å²) in [5, 5.41) is 14.7. The molecule has 1 unspecified atom stereocenters. The van der Waals surface area contributed by atoms with Crippen LogP contribution in [0.15, 0.2) is 0 Å². The maximum absolute atomic E-state index is 10.3. The molecule has 5 nitrogen and oxygen atoms in total. The van der Waals surface area contributed by atoms with Crippen LogP contribution in [-0.2, 0) is 0 Å². The van der Waals surface area contributed by atoms with Gasteiger partial charge in [0.25, 0.3) is 0 Å². The predicted molar refractivity (Wildman–Crippen MR) is 55.9 cm³/mol. The van der Waals surface area contributed by atoms with Crippen LogP contribution in [0.1, 0.15) is 20.3 Å². The van der Waals surface area contributed by atoms with Crippen molar-refractivity contribution in [2.75, 3.05) is 26.2 Å². The number of hydrogen-bond acceptors (Lipinski definition) is 3. The summed E-state index contributed by atoms with van der Waals surface area (Å²) in [5.41, 5.74) is 4.82. The molecule has 14 heavy (non-hydrogen) atoms. The summed E-state index contributed by atoms with van der Waals surface area (Å²) in [6.07, 6.45) is 0.916. The second-order valence-corrected chi connectivity index (χ2v) is 3.79. The van der Waals surface area contributed by atoms with Gasteiger partial charge in [0.15, 0.2) is 0 Å². The Hall–Kier alpha value is -0.810. The van der Waals surface area contributed by atoms with Gasteiger partial charge in [-0.25, -0.2) is 4.79 Å². The summed E-state index contributed by atoms with van der Waals surface area (Å²) in [7, 11) is 0. The molecular weight excluding hydrogens is 182 g/mol. The lowest BCUT2D eigenvalue weighted by Crippen LogP contribution is -2.40. The van der Waals surface area contributed by atoms with E-state index in [1.807, 2.05) is 13.8 Å². The minimum atomic E-state index is -0.507. The van der Waals surface area contributed by atoms with E-state index in [0.717, 1.165) is 13.0 Å². The highest BCUT2D eigenvalue weighted by Crippen LogP contribution is 2.17. The van der Waals surface area contributed by atoms with E-state index in [2.05, 4.69) is 10.6 Å². The molecule has 0 aromatic carbocycles. The molecule has 1 atom stereocenters. The standard InChI is InChI=1S/C9H21N3O2/c1-3-9(2,7-13)6-11-4-5-12-8(10)14/h11,13H,3-7H2,1-2H3,(H3,10,12,14). The Bertz CT molecular complexity index is 169. The third-order valence-electron chi connectivity index (χ3n) is 2.39. The topological polar surface area (TPSA) is 87.4 Å². The zero-order chi connectivity index (χ0) is 11.0. The van der Waals surface area contributed by atoms with E-state index in [0.29, 0.717) is 13.1 Å². The lowest BCUT2D eigenvalue weighted by molar-refractivity contribution is 0.136. The van der Waals surface area contributed by atoms with Gasteiger partial charge in [0.1, 0.15) is 0 Å². The Morgan fingerprint density at radius 1 is 1.50 bits per heavy atom. The van der Waals surface area contributed by atoms with Crippen molar-refractivity contribution < 1.29 is 9.90 Å². The summed E-state index contributed by atoms with van der Waals surface area (Å²) in [6.45, 7) is 6.14. The number of primary amides is 1. The van der Waals surface area contributed by atoms with Gasteiger partial charge in [-0.1, -0.05) is 13.8 Å². The molecule has 0 saturated heterocycles. The number of amides is 2. The molecule has 0 heterocycles. The first-order valence-electron chi connectivity index (χ1n) is 4.89. The van der Waals surface area contributed by atoms with Crippen molar-refractivity contribution in [3.63, 3.8) is 0 Å². The van der Waals surface area contributed by atoms with Crippen molar-refractivity contribution in [2.45, 2.75) is 20.3 Å². The van der Waals surface area contributed by atoms with Gasteiger partial charge in [0.2, 0.25) is 0 Å². The number of rotatable bonds is 7. The monoisotopic (exact) mass is 203 g/mol. The Morgan fingerprint density at radius 3 is 2.57 bits per heavy atom. The van der Waals surface area contributed by atoms with Crippen LogP contribution in [-0.4, -0.2) is 37.4 Å².